The summed E-state index contributed by atoms with van der Waals surface area (Å²) in [6.07, 6.45) is 1.36. The van der Waals surface area contributed by atoms with Gasteiger partial charge in [0.2, 0.25) is 5.91 Å². The summed E-state index contributed by atoms with van der Waals surface area (Å²) >= 11 is 0. The molecule has 2 atom stereocenters. The number of aromatic amines is 1. The molecular weight excluding hydrogens is 236 g/mol. The van der Waals surface area contributed by atoms with Gasteiger partial charge in [0.05, 0.1) is 6.04 Å². The summed E-state index contributed by atoms with van der Waals surface area (Å²) in [5, 5.41) is 20.7. The Morgan fingerprint density at radius 3 is 2.67 bits per heavy atom. The summed E-state index contributed by atoms with van der Waals surface area (Å²) in [4.78, 5) is 16.0. The quantitative estimate of drug-likeness (QED) is 0.254. The predicted molar refractivity (Wildman–Crippen MR) is 64.7 cm³/mol. The Balaban J connectivity index is 2.74. The fraction of sp³-hybridized carbons (Fsp3) is 0.600. The van der Waals surface area contributed by atoms with Gasteiger partial charge in [0, 0.05) is 0 Å². The Kier molecular flexibility index (Phi) is 4.64. The number of carbonyl (C=O) groups excluding carboxylic acids is 1. The highest BCUT2D eigenvalue weighted by atomic mass is 16.4. The SMILES string of the molecule is CC(NC(=O)C(C(N)=NO)C(C)C)c1ncn[nH]1. The Bertz CT molecular complexity index is 414. The number of amides is 1. The average Bonchev–Trinajstić information content (AvgIpc) is 2.81. The van der Waals surface area contributed by atoms with Crippen molar-refractivity contribution in [3.8, 4) is 0 Å². The van der Waals surface area contributed by atoms with Crippen LogP contribution in [0.3, 0.4) is 0 Å². The maximum absolute atomic E-state index is 12.0. The zero-order valence-corrected chi connectivity index (χ0v) is 10.6. The van der Waals surface area contributed by atoms with Crippen LogP contribution in [0.5, 0.6) is 0 Å². The average molecular weight is 254 g/mol. The second-order valence-corrected chi connectivity index (χ2v) is 4.35. The third-order valence-electron chi connectivity index (χ3n) is 2.59. The minimum atomic E-state index is -0.680. The van der Waals surface area contributed by atoms with Crippen LogP contribution in [0, 0.1) is 11.8 Å². The number of aromatic nitrogens is 3. The molecule has 2 unspecified atom stereocenters. The number of amidine groups is 1. The molecule has 18 heavy (non-hydrogen) atoms. The zero-order valence-electron chi connectivity index (χ0n) is 10.6. The van der Waals surface area contributed by atoms with Gasteiger partial charge in [-0.25, -0.2) is 4.98 Å². The molecule has 5 N–H and O–H groups in total. The van der Waals surface area contributed by atoms with Gasteiger partial charge < -0.3 is 16.3 Å². The van der Waals surface area contributed by atoms with E-state index in [-0.39, 0.29) is 23.7 Å². The molecule has 0 fully saturated rings. The standard InChI is InChI=1S/C10H18N6O2/c1-5(2)7(8(11)16-18)10(17)14-6(3)9-12-4-13-15-9/h4-7,18H,1-3H3,(H2,11,16)(H,14,17)(H,12,13,15). The summed E-state index contributed by atoms with van der Waals surface area (Å²) < 4.78 is 0. The maximum atomic E-state index is 12.0. The third kappa shape index (κ3) is 3.19. The smallest absolute Gasteiger partial charge is 0.231 e. The van der Waals surface area contributed by atoms with Gasteiger partial charge in [0.1, 0.15) is 18.1 Å². The third-order valence-corrected chi connectivity index (χ3v) is 2.59. The molecule has 1 heterocycles. The van der Waals surface area contributed by atoms with Gasteiger partial charge >= 0.3 is 0 Å². The molecule has 1 aromatic heterocycles. The molecule has 1 aromatic rings. The van der Waals surface area contributed by atoms with Gasteiger partial charge in [-0.15, -0.1) is 0 Å². The second-order valence-electron chi connectivity index (χ2n) is 4.35. The van der Waals surface area contributed by atoms with Crippen molar-refractivity contribution in [3.63, 3.8) is 0 Å². The van der Waals surface area contributed by atoms with E-state index in [9.17, 15) is 4.79 Å². The summed E-state index contributed by atoms with van der Waals surface area (Å²) in [5.41, 5.74) is 5.52. The van der Waals surface area contributed by atoms with Crippen molar-refractivity contribution in [2.24, 2.45) is 22.7 Å². The number of hydrogen-bond acceptors (Lipinski definition) is 5. The molecule has 0 aliphatic heterocycles. The van der Waals surface area contributed by atoms with Crippen LogP contribution in [0.15, 0.2) is 11.5 Å². The minimum absolute atomic E-state index is 0.0807. The van der Waals surface area contributed by atoms with E-state index < -0.39 is 5.92 Å². The van der Waals surface area contributed by atoms with Gasteiger partial charge in [-0.2, -0.15) is 5.10 Å². The first-order chi connectivity index (χ1) is 8.47. The minimum Gasteiger partial charge on any atom is -0.409 e. The van der Waals surface area contributed by atoms with Crippen molar-refractivity contribution < 1.29 is 10.0 Å². The van der Waals surface area contributed by atoms with E-state index in [4.69, 9.17) is 10.9 Å². The van der Waals surface area contributed by atoms with Gasteiger partial charge in [0.15, 0.2) is 5.84 Å². The van der Waals surface area contributed by atoms with Gasteiger partial charge in [-0.3, -0.25) is 9.89 Å². The van der Waals surface area contributed by atoms with Crippen LogP contribution in [0.25, 0.3) is 0 Å². The van der Waals surface area contributed by atoms with Crippen LogP contribution in [0.2, 0.25) is 0 Å². The first-order valence-electron chi connectivity index (χ1n) is 5.60. The van der Waals surface area contributed by atoms with Crippen molar-refractivity contribution in [3.05, 3.63) is 12.2 Å². The first-order valence-corrected chi connectivity index (χ1v) is 5.60. The Morgan fingerprint density at radius 2 is 2.22 bits per heavy atom. The lowest BCUT2D eigenvalue weighted by molar-refractivity contribution is -0.124. The van der Waals surface area contributed by atoms with E-state index in [1.807, 2.05) is 13.8 Å². The number of nitrogens with zero attached hydrogens (tertiary/aromatic N) is 3. The lowest BCUT2D eigenvalue weighted by atomic mass is 9.93. The molecule has 0 spiro atoms. The van der Waals surface area contributed by atoms with E-state index in [1.165, 1.54) is 6.33 Å². The molecule has 0 aliphatic carbocycles. The highest BCUT2D eigenvalue weighted by Crippen LogP contribution is 2.14. The summed E-state index contributed by atoms with van der Waals surface area (Å²) in [6, 6.07) is -0.326. The van der Waals surface area contributed by atoms with Crippen molar-refractivity contribution in [1.82, 2.24) is 20.5 Å². The topological polar surface area (TPSA) is 129 Å². The number of carbonyl (C=O) groups is 1. The predicted octanol–water partition coefficient (Wildman–Crippen LogP) is 0.000500. The van der Waals surface area contributed by atoms with Crippen LogP contribution >= 0.6 is 0 Å². The molecule has 0 saturated heterocycles. The summed E-state index contributed by atoms with van der Waals surface area (Å²) in [6.45, 7) is 5.41. The van der Waals surface area contributed by atoms with Gasteiger partial charge in [-0.05, 0) is 12.8 Å². The fourth-order valence-electron chi connectivity index (χ4n) is 1.64. The van der Waals surface area contributed by atoms with Crippen molar-refractivity contribution in [1.29, 1.82) is 0 Å². The molecule has 1 rings (SSSR count). The van der Waals surface area contributed by atoms with E-state index in [1.54, 1.807) is 6.92 Å². The molecule has 0 radical (unpaired) electrons. The molecule has 0 aromatic carbocycles. The Hall–Kier alpha value is -2.12. The number of hydrogen-bond donors (Lipinski definition) is 4. The fourth-order valence-corrected chi connectivity index (χ4v) is 1.64. The number of H-pyrrole nitrogens is 1. The largest absolute Gasteiger partial charge is 0.409 e. The van der Waals surface area contributed by atoms with E-state index in [0.29, 0.717) is 5.82 Å². The number of oxime groups is 1. The molecule has 0 aliphatic rings. The van der Waals surface area contributed by atoms with Crippen molar-refractivity contribution in [2.75, 3.05) is 0 Å². The van der Waals surface area contributed by atoms with Gasteiger partial charge in [0.25, 0.3) is 0 Å². The monoisotopic (exact) mass is 254 g/mol. The van der Waals surface area contributed by atoms with Crippen LogP contribution < -0.4 is 11.1 Å². The highest BCUT2D eigenvalue weighted by Gasteiger charge is 2.28. The maximum Gasteiger partial charge on any atom is 0.231 e. The molecule has 8 heteroatoms. The van der Waals surface area contributed by atoms with Crippen LogP contribution in [-0.2, 0) is 4.79 Å². The van der Waals surface area contributed by atoms with Gasteiger partial charge in [-0.1, -0.05) is 19.0 Å². The van der Waals surface area contributed by atoms with Crippen LogP contribution in [0.4, 0.5) is 0 Å². The van der Waals surface area contributed by atoms with E-state index in [0.717, 1.165) is 0 Å². The highest BCUT2D eigenvalue weighted by molar-refractivity contribution is 6.02. The number of nitrogens with two attached hydrogens (primary N) is 1. The molecule has 1 amide bonds. The molecule has 8 nitrogen and oxygen atoms in total. The first kappa shape index (κ1) is 13.9. The second kappa shape index (κ2) is 5.99. The number of rotatable bonds is 5. The lowest BCUT2D eigenvalue weighted by Crippen LogP contribution is -2.42. The Labute approximate surface area is 105 Å². The van der Waals surface area contributed by atoms with Crippen LogP contribution in [-0.4, -0.2) is 32.1 Å². The molecule has 0 bridgehead atoms. The molecule has 100 valence electrons. The number of nitrogens with one attached hydrogen (secondary N) is 2. The van der Waals surface area contributed by atoms with Crippen LogP contribution in [0.1, 0.15) is 32.6 Å². The van der Waals surface area contributed by atoms with Crippen molar-refractivity contribution in [2.45, 2.75) is 26.8 Å². The zero-order chi connectivity index (χ0) is 13.7. The molecule has 0 saturated carbocycles. The van der Waals surface area contributed by atoms with E-state index >= 15 is 0 Å². The normalized spacial score (nSPS) is 15.4. The summed E-state index contributed by atoms with van der Waals surface area (Å²) in [7, 11) is 0. The lowest BCUT2D eigenvalue weighted by Gasteiger charge is -2.20. The summed E-state index contributed by atoms with van der Waals surface area (Å²) in [5.74, 6) is -0.634. The molecular formula is C10H18N6O2. The van der Waals surface area contributed by atoms with Crippen molar-refractivity contribution >= 4 is 11.7 Å². The van der Waals surface area contributed by atoms with E-state index in [2.05, 4.69) is 25.7 Å². The Morgan fingerprint density at radius 1 is 1.56 bits per heavy atom.